The minimum absolute atomic E-state index is 0.0627. The molecule has 0 fully saturated rings. The average molecular weight is 330 g/mol. The Hall–Kier alpha value is -3.30. The highest BCUT2D eigenvalue weighted by Crippen LogP contribution is 2.23. The van der Waals surface area contributed by atoms with E-state index in [0.29, 0.717) is 17.2 Å². The molecule has 1 aliphatic heterocycles. The molecule has 1 aromatic carbocycles. The van der Waals surface area contributed by atoms with Crippen LogP contribution in [0.3, 0.4) is 0 Å². The number of hydrogen-bond acceptors (Lipinski definition) is 6. The summed E-state index contributed by atoms with van der Waals surface area (Å²) in [7, 11) is 0. The molecule has 2 heterocycles. The molecule has 10 heteroatoms. The first-order valence-electron chi connectivity index (χ1n) is 7.17. The highest BCUT2D eigenvalue weighted by Gasteiger charge is 2.29. The van der Waals surface area contributed by atoms with Crippen molar-refractivity contribution in [2.75, 3.05) is 10.6 Å². The zero-order chi connectivity index (χ0) is 17.3. The lowest BCUT2D eigenvalue weighted by Gasteiger charge is -2.21. The van der Waals surface area contributed by atoms with E-state index in [4.69, 9.17) is 0 Å². The van der Waals surface area contributed by atoms with Crippen LogP contribution in [0.2, 0.25) is 0 Å². The van der Waals surface area contributed by atoms with Gasteiger partial charge in [-0.15, -0.1) is 0 Å². The maximum atomic E-state index is 12.1. The van der Waals surface area contributed by atoms with Crippen LogP contribution in [0, 0.1) is 23.0 Å². The Bertz CT molecular complexity index is 830. The van der Waals surface area contributed by atoms with Gasteiger partial charge < -0.3 is 5.32 Å². The fourth-order valence-corrected chi connectivity index (χ4v) is 2.48. The van der Waals surface area contributed by atoms with Crippen LogP contribution in [0.15, 0.2) is 24.5 Å². The SMILES string of the molecule is Cc1ccc(NC(=O)CC2Cn3ncnc3NC2=O)cc1[N+](=O)[O-]. The van der Waals surface area contributed by atoms with E-state index in [-0.39, 0.29) is 24.6 Å². The third-order valence-electron chi connectivity index (χ3n) is 3.74. The maximum absolute atomic E-state index is 12.1. The molecule has 0 spiro atoms. The number of carbonyl (C=O) groups is 2. The van der Waals surface area contributed by atoms with Crippen molar-refractivity contribution >= 4 is 29.1 Å². The number of benzene rings is 1. The van der Waals surface area contributed by atoms with Gasteiger partial charge in [-0.05, 0) is 13.0 Å². The van der Waals surface area contributed by atoms with Crippen LogP contribution in [-0.2, 0) is 16.1 Å². The molecule has 0 aliphatic carbocycles. The molecule has 1 atom stereocenters. The van der Waals surface area contributed by atoms with Gasteiger partial charge in [0.05, 0.1) is 17.4 Å². The molecule has 2 amide bonds. The van der Waals surface area contributed by atoms with E-state index in [9.17, 15) is 19.7 Å². The number of carbonyl (C=O) groups excluding carboxylic acids is 2. The smallest absolute Gasteiger partial charge is 0.274 e. The topological polar surface area (TPSA) is 132 Å². The molecule has 1 aromatic heterocycles. The number of nitrogens with zero attached hydrogens (tertiary/aromatic N) is 4. The predicted molar refractivity (Wildman–Crippen MR) is 83.2 cm³/mol. The molecule has 0 saturated heterocycles. The summed E-state index contributed by atoms with van der Waals surface area (Å²) in [6.07, 6.45) is 1.26. The van der Waals surface area contributed by atoms with Gasteiger partial charge in [-0.25, -0.2) is 4.68 Å². The van der Waals surface area contributed by atoms with Crippen LogP contribution in [0.25, 0.3) is 0 Å². The molecular weight excluding hydrogens is 316 g/mol. The fraction of sp³-hybridized carbons (Fsp3) is 0.286. The standard InChI is InChI=1S/C14H14N6O4/c1-8-2-3-10(5-11(8)20(23)24)17-12(21)4-9-6-19-14(15-7-16-19)18-13(9)22/h2-3,5,7,9H,4,6H2,1H3,(H,17,21)(H,15,16,18,22). The summed E-state index contributed by atoms with van der Waals surface area (Å²) < 4.78 is 1.51. The molecule has 0 saturated carbocycles. The van der Waals surface area contributed by atoms with Crippen LogP contribution in [0.1, 0.15) is 12.0 Å². The van der Waals surface area contributed by atoms with Gasteiger partial charge in [0.1, 0.15) is 6.33 Å². The molecule has 1 aliphatic rings. The summed E-state index contributed by atoms with van der Waals surface area (Å²) in [6.45, 7) is 1.87. The number of aromatic nitrogens is 3. The van der Waals surface area contributed by atoms with E-state index < -0.39 is 16.7 Å². The molecule has 2 aromatic rings. The molecule has 3 rings (SSSR count). The molecule has 2 N–H and O–H groups in total. The van der Waals surface area contributed by atoms with E-state index >= 15 is 0 Å². The minimum Gasteiger partial charge on any atom is -0.326 e. The molecule has 10 nitrogen and oxygen atoms in total. The normalized spacial score (nSPS) is 16.2. The van der Waals surface area contributed by atoms with Crippen molar-refractivity contribution < 1.29 is 14.5 Å². The number of aryl methyl sites for hydroxylation is 1. The number of rotatable bonds is 4. The summed E-state index contributed by atoms with van der Waals surface area (Å²) in [6, 6.07) is 4.43. The van der Waals surface area contributed by atoms with E-state index in [0.717, 1.165) is 0 Å². The van der Waals surface area contributed by atoms with Crippen LogP contribution in [-0.4, -0.2) is 31.5 Å². The average Bonchev–Trinajstić information content (AvgIpc) is 2.96. The Balaban J connectivity index is 1.67. The molecule has 24 heavy (non-hydrogen) atoms. The third-order valence-corrected chi connectivity index (χ3v) is 3.74. The minimum atomic E-state index is -0.584. The van der Waals surface area contributed by atoms with E-state index in [1.807, 2.05) is 0 Å². The maximum Gasteiger partial charge on any atom is 0.274 e. The van der Waals surface area contributed by atoms with Crippen LogP contribution >= 0.6 is 0 Å². The quantitative estimate of drug-likeness (QED) is 0.637. The Kier molecular flexibility index (Phi) is 3.94. The first-order valence-corrected chi connectivity index (χ1v) is 7.17. The Morgan fingerprint density at radius 3 is 3.08 bits per heavy atom. The summed E-state index contributed by atoms with van der Waals surface area (Å²) >= 11 is 0. The Morgan fingerprint density at radius 2 is 2.33 bits per heavy atom. The van der Waals surface area contributed by atoms with Crippen molar-refractivity contribution in [3.05, 3.63) is 40.2 Å². The van der Waals surface area contributed by atoms with Gasteiger partial charge >= 0.3 is 0 Å². The number of nitro benzene ring substituents is 1. The molecule has 124 valence electrons. The van der Waals surface area contributed by atoms with Gasteiger partial charge in [0, 0.05) is 23.7 Å². The lowest BCUT2D eigenvalue weighted by atomic mass is 10.0. The largest absolute Gasteiger partial charge is 0.326 e. The molecular formula is C14H14N6O4. The van der Waals surface area contributed by atoms with Crippen LogP contribution in [0.5, 0.6) is 0 Å². The Morgan fingerprint density at radius 1 is 1.54 bits per heavy atom. The Labute approximate surface area is 136 Å². The molecule has 0 bridgehead atoms. The highest BCUT2D eigenvalue weighted by molar-refractivity contribution is 5.98. The third kappa shape index (κ3) is 3.07. The summed E-state index contributed by atoms with van der Waals surface area (Å²) in [5.41, 5.74) is 0.744. The van der Waals surface area contributed by atoms with Gasteiger partial charge in [-0.3, -0.25) is 25.0 Å². The van der Waals surface area contributed by atoms with Crippen molar-refractivity contribution in [3.8, 4) is 0 Å². The number of hydrogen-bond donors (Lipinski definition) is 2. The number of anilines is 2. The predicted octanol–water partition coefficient (Wildman–Crippen LogP) is 1.09. The van der Waals surface area contributed by atoms with E-state index in [1.165, 1.54) is 17.1 Å². The summed E-state index contributed by atoms with van der Waals surface area (Å²) in [5.74, 6) is -0.942. The van der Waals surface area contributed by atoms with Gasteiger partial charge in [0.25, 0.3) is 5.69 Å². The van der Waals surface area contributed by atoms with E-state index in [1.54, 1.807) is 19.1 Å². The number of amides is 2. The second-order valence-corrected chi connectivity index (χ2v) is 5.46. The molecule has 1 unspecified atom stereocenters. The lowest BCUT2D eigenvalue weighted by molar-refractivity contribution is -0.385. The van der Waals surface area contributed by atoms with Crippen molar-refractivity contribution in [1.29, 1.82) is 0 Å². The number of fused-ring (bicyclic) bond motifs is 1. The van der Waals surface area contributed by atoms with Crippen molar-refractivity contribution in [2.45, 2.75) is 19.9 Å². The van der Waals surface area contributed by atoms with Gasteiger partial charge in [0.15, 0.2) is 0 Å². The number of nitro groups is 1. The van der Waals surface area contributed by atoms with Crippen molar-refractivity contribution in [1.82, 2.24) is 14.8 Å². The van der Waals surface area contributed by atoms with Gasteiger partial charge in [-0.1, -0.05) is 6.07 Å². The van der Waals surface area contributed by atoms with Gasteiger partial charge in [0.2, 0.25) is 17.8 Å². The highest BCUT2D eigenvalue weighted by atomic mass is 16.6. The van der Waals surface area contributed by atoms with Crippen LogP contribution < -0.4 is 10.6 Å². The summed E-state index contributed by atoms with van der Waals surface area (Å²) in [5, 5.41) is 20.0. The lowest BCUT2D eigenvalue weighted by Crippen LogP contribution is -2.36. The van der Waals surface area contributed by atoms with Gasteiger partial charge in [-0.2, -0.15) is 10.1 Å². The molecule has 0 radical (unpaired) electrons. The zero-order valence-corrected chi connectivity index (χ0v) is 12.7. The summed E-state index contributed by atoms with van der Waals surface area (Å²) in [4.78, 5) is 38.4. The fourth-order valence-electron chi connectivity index (χ4n) is 2.48. The van der Waals surface area contributed by atoms with Crippen molar-refractivity contribution in [2.24, 2.45) is 5.92 Å². The van der Waals surface area contributed by atoms with Crippen molar-refractivity contribution in [3.63, 3.8) is 0 Å². The first kappa shape index (κ1) is 15.6. The monoisotopic (exact) mass is 330 g/mol. The first-order chi connectivity index (χ1) is 11.4. The zero-order valence-electron chi connectivity index (χ0n) is 12.7. The second kappa shape index (κ2) is 6.07. The van der Waals surface area contributed by atoms with E-state index in [2.05, 4.69) is 20.7 Å². The second-order valence-electron chi connectivity index (χ2n) is 5.46. The number of nitrogens with one attached hydrogen (secondary N) is 2. The van der Waals surface area contributed by atoms with Crippen LogP contribution in [0.4, 0.5) is 17.3 Å².